The summed E-state index contributed by atoms with van der Waals surface area (Å²) in [7, 11) is 1.52. The lowest BCUT2D eigenvalue weighted by molar-refractivity contribution is -0.154. The maximum absolute atomic E-state index is 12.5. The van der Waals surface area contributed by atoms with E-state index in [1.807, 2.05) is 11.8 Å². The molecule has 1 aliphatic carbocycles. The summed E-state index contributed by atoms with van der Waals surface area (Å²) in [6.45, 7) is 4.42. The zero-order chi connectivity index (χ0) is 13.9. The van der Waals surface area contributed by atoms with Gasteiger partial charge in [-0.3, -0.25) is 10.1 Å². The summed E-state index contributed by atoms with van der Waals surface area (Å²) in [6.07, 6.45) is 7.35. The highest BCUT2D eigenvalue weighted by molar-refractivity contribution is 7.99. The van der Waals surface area contributed by atoms with Gasteiger partial charge in [0.1, 0.15) is 5.54 Å². The average molecular weight is 285 g/mol. The minimum Gasteiger partial charge on any atom is -0.468 e. The van der Waals surface area contributed by atoms with Crippen molar-refractivity contribution < 1.29 is 9.53 Å². The summed E-state index contributed by atoms with van der Waals surface area (Å²) in [6, 6.07) is 0.478. The van der Waals surface area contributed by atoms with Crippen molar-refractivity contribution in [2.24, 2.45) is 5.41 Å². The molecule has 0 radical (unpaired) electrons. The molecular weight excluding hydrogens is 258 g/mol. The number of methoxy groups -OCH3 is 1. The normalized spacial score (nSPS) is 31.9. The second kappa shape index (κ2) is 6.04. The van der Waals surface area contributed by atoms with Crippen LogP contribution in [0.5, 0.6) is 0 Å². The Morgan fingerprint density at radius 1 is 1.26 bits per heavy atom. The Bertz CT molecular complexity index is 326. The van der Waals surface area contributed by atoms with E-state index in [9.17, 15) is 4.79 Å². The molecule has 0 aromatic rings. The number of carbonyl (C=O) groups excluding carboxylic acids is 1. The maximum atomic E-state index is 12.5. The predicted octanol–water partition coefficient (Wildman–Crippen LogP) is 2.98. The topological polar surface area (TPSA) is 38.3 Å². The standard InChI is InChI=1S/C15H27NO2S/c1-14(2)9-10-19-11-15(14,13(17)18-3)16-12-7-5-4-6-8-12/h12,16H,4-11H2,1-3H3. The molecule has 1 heterocycles. The molecule has 4 heteroatoms. The van der Waals surface area contributed by atoms with Gasteiger partial charge in [-0.1, -0.05) is 33.1 Å². The van der Waals surface area contributed by atoms with E-state index in [1.54, 1.807) is 0 Å². The highest BCUT2D eigenvalue weighted by atomic mass is 32.2. The van der Waals surface area contributed by atoms with E-state index in [1.165, 1.54) is 39.2 Å². The van der Waals surface area contributed by atoms with Gasteiger partial charge in [0.15, 0.2) is 0 Å². The van der Waals surface area contributed by atoms with E-state index in [4.69, 9.17) is 4.74 Å². The van der Waals surface area contributed by atoms with Crippen molar-refractivity contribution in [1.82, 2.24) is 5.32 Å². The molecule has 1 atom stereocenters. The molecule has 1 saturated carbocycles. The first-order valence-corrected chi connectivity index (χ1v) is 8.61. The third kappa shape index (κ3) is 2.94. The zero-order valence-corrected chi connectivity index (χ0v) is 13.3. The molecule has 19 heavy (non-hydrogen) atoms. The number of hydrogen-bond acceptors (Lipinski definition) is 4. The average Bonchev–Trinajstić information content (AvgIpc) is 2.41. The van der Waals surface area contributed by atoms with Crippen LogP contribution in [0.4, 0.5) is 0 Å². The van der Waals surface area contributed by atoms with Crippen molar-refractivity contribution in [2.45, 2.75) is 64.0 Å². The highest BCUT2D eigenvalue weighted by Crippen LogP contribution is 2.44. The molecule has 1 aliphatic heterocycles. The maximum Gasteiger partial charge on any atom is 0.327 e. The molecule has 1 unspecified atom stereocenters. The van der Waals surface area contributed by atoms with Crippen LogP contribution in [0, 0.1) is 5.41 Å². The Labute approximate surface area is 121 Å². The van der Waals surface area contributed by atoms with Gasteiger partial charge in [-0.2, -0.15) is 11.8 Å². The third-order valence-corrected chi connectivity index (χ3v) is 6.06. The molecule has 0 amide bonds. The quantitative estimate of drug-likeness (QED) is 0.809. The van der Waals surface area contributed by atoms with Crippen LogP contribution < -0.4 is 5.32 Å². The fourth-order valence-electron chi connectivity index (χ4n) is 3.36. The Hall–Kier alpha value is -0.220. The summed E-state index contributed by atoms with van der Waals surface area (Å²) < 4.78 is 5.16. The van der Waals surface area contributed by atoms with Crippen LogP contribution in [0.2, 0.25) is 0 Å². The van der Waals surface area contributed by atoms with Crippen molar-refractivity contribution in [3.05, 3.63) is 0 Å². The molecule has 0 aromatic carbocycles. The summed E-state index contributed by atoms with van der Waals surface area (Å²) >= 11 is 1.87. The molecule has 0 bridgehead atoms. The van der Waals surface area contributed by atoms with Crippen LogP contribution in [0.1, 0.15) is 52.4 Å². The molecule has 0 aromatic heterocycles. The number of hydrogen-bond donors (Lipinski definition) is 1. The minimum atomic E-state index is -0.507. The molecular formula is C15H27NO2S. The first kappa shape index (κ1) is 15.2. The van der Waals surface area contributed by atoms with Gasteiger partial charge in [0.05, 0.1) is 7.11 Å². The summed E-state index contributed by atoms with van der Waals surface area (Å²) in [5, 5.41) is 3.72. The van der Waals surface area contributed by atoms with Crippen LogP contribution in [0.25, 0.3) is 0 Å². The first-order valence-electron chi connectivity index (χ1n) is 7.46. The molecule has 2 aliphatic rings. The largest absolute Gasteiger partial charge is 0.468 e. The van der Waals surface area contributed by atoms with Gasteiger partial charge < -0.3 is 4.74 Å². The van der Waals surface area contributed by atoms with Gasteiger partial charge in [-0.05, 0) is 30.4 Å². The Kier molecular flexibility index (Phi) is 4.83. The van der Waals surface area contributed by atoms with Gasteiger partial charge >= 0.3 is 5.97 Å². The fraction of sp³-hybridized carbons (Fsp3) is 0.933. The van der Waals surface area contributed by atoms with Crippen LogP contribution in [0.3, 0.4) is 0 Å². The van der Waals surface area contributed by atoms with Crippen LogP contribution >= 0.6 is 11.8 Å². The molecule has 3 nitrogen and oxygen atoms in total. The van der Waals surface area contributed by atoms with E-state index in [-0.39, 0.29) is 11.4 Å². The van der Waals surface area contributed by atoms with Crippen molar-refractivity contribution in [1.29, 1.82) is 0 Å². The van der Waals surface area contributed by atoms with E-state index in [2.05, 4.69) is 19.2 Å². The monoisotopic (exact) mass is 285 g/mol. The lowest BCUT2D eigenvalue weighted by atomic mass is 9.70. The van der Waals surface area contributed by atoms with Gasteiger partial charge in [0.2, 0.25) is 0 Å². The van der Waals surface area contributed by atoms with E-state index >= 15 is 0 Å². The SMILES string of the molecule is COC(=O)C1(NC2CCCCC2)CSCCC1(C)C. The van der Waals surface area contributed by atoms with E-state index in [0.29, 0.717) is 6.04 Å². The molecule has 1 N–H and O–H groups in total. The van der Waals surface area contributed by atoms with Crippen molar-refractivity contribution in [3.8, 4) is 0 Å². The van der Waals surface area contributed by atoms with Crippen molar-refractivity contribution in [2.75, 3.05) is 18.6 Å². The molecule has 2 rings (SSSR count). The number of nitrogens with one attached hydrogen (secondary N) is 1. The van der Waals surface area contributed by atoms with Gasteiger partial charge in [0, 0.05) is 11.8 Å². The zero-order valence-electron chi connectivity index (χ0n) is 12.5. The number of rotatable bonds is 3. The van der Waals surface area contributed by atoms with Gasteiger partial charge in [-0.15, -0.1) is 0 Å². The van der Waals surface area contributed by atoms with E-state index < -0.39 is 5.54 Å². The van der Waals surface area contributed by atoms with Gasteiger partial charge in [0.25, 0.3) is 0 Å². The Balaban J connectivity index is 2.20. The molecule has 2 fully saturated rings. The second-order valence-electron chi connectivity index (χ2n) is 6.56. The number of carbonyl (C=O) groups is 1. The van der Waals surface area contributed by atoms with Crippen LogP contribution in [0.15, 0.2) is 0 Å². The predicted molar refractivity (Wildman–Crippen MR) is 80.5 cm³/mol. The van der Waals surface area contributed by atoms with Crippen LogP contribution in [-0.4, -0.2) is 36.2 Å². The number of thioether (sulfide) groups is 1. The molecule has 110 valence electrons. The van der Waals surface area contributed by atoms with E-state index in [0.717, 1.165) is 17.9 Å². The first-order chi connectivity index (χ1) is 9.02. The lowest BCUT2D eigenvalue weighted by Gasteiger charge is -2.50. The molecule has 0 spiro atoms. The Morgan fingerprint density at radius 2 is 1.95 bits per heavy atom. The minimum absolute atomic E-state index is 0.0389. The summed E-state index contributed by atoms with van der Waals surface area (Å²) in [5.74, 6) is 1.90. The number of esters is 1. The summed E-state index contributed by atoms with van der Waals surface area (Å²) in [5.41, 5.74) is -0.546. The van der Waals surface area contributed by atoms with Crippen molar-refractivity contribution in [3.63, 3.8) is 0 Å². The van der Waals surface area contributed by atoms with Crippen molar-refractivity contribution >= 4 is 17.7 Å². The highest BCUT2D eigenvalue weighted by Gasteiger charge is 2.54. The Morgan fingerprint density at radius 3 is 2.53 bits per heavy atom. The smallest absolute Gasteiger partial charge is 0.327 e. The van der Waals surface area contributed by atoms with Crippen LogP contribution in [-0.2, 0) is 9.53 Å². The van der Waals surface area contributed by atoms with Gasteiger partial charge in [-0.25, -0.2) is 0 Å². The lowest BCUT2D eigenvalue weighted by Crippen LogP contribution is -2.67. The fourth-order valence-corrected chi connectivity index (χ4v) is 5.06. The molecule has 1 saturated heterocycles. The second-order valence-corrected chi connectivity index (χ2v) is 7.67. The summed E-state index contributed by atoms with van der Waals surface area (Å²) in [4.78, 5) is 12.5. The number of ether oxygens (including phenoxy) is 1. The third-order valence-electron chi connectivity index (χ3n) is 4.93.